The molecule has 44 valence electrons. The molecule has 0 aliphatic heterocycles. The number of rotatable bonds is 3. The smallest absolute Gasteiger partial charge is 1.00 e. The molecule has 0 saturated carbocycles. The van der Waals surface area contributed by atoms with Crippen LogP contribution >= 0.6 is 0 Å². The van der Waals surface area contributed by atoms with Gasteiger partial charge in [0.05, 0.1) is 0 Å². The number of allylic oxidation sites excluding steroid dienone is 6. The van der Waals surface area contributed by atoms with Crippen molar-refractivity contribution in [1.82, 2.24) is 0 Å². The van der Waals surface area contributed by atoms with Gasteiger partial charge in [0.1, 0.15) is 0 Å². The molecule has 0 radical (unpaired) electrons. The molecule has 0 nitrogen and oxygen atoms in total. The zero-order chi connectivity index (χ0) is 6.24. The Labute approximate surface area is 80.4 Å². The topological polar surface area (TPSA) is 0 Å². The standard InChI is InChI=1S/C8H10.Na.H/c1-3-5-7-8-6-4-2;;/h3-8H,1-2H2;;/q;+1;-1. The molecule has 0 saturated heterocycles. The first-order chi connectivity index (χ1) is 3.91. The SMILES string of the molecule is C=CC=CC=CC=C.[H-].[Na+]. The first-order valence-corrected chi connectivity index (χ1v) is 2.48. The van der Waals surface area contributed by atoms with E-state index in [-0.39, 0.29) is 31.0 Å². The molecule has 0 aliphatic rings. The molecule has 0 fully saturated rings. The quantitative estimate of drug-likeness (QED) is 0.360. The average Bonchev–Trinajstić information content (AvgIpc) is 1.81. The molecular formula is C8H11Na. The van der Waals surface area contributed by atoms with E-state index >= 15 is 0 Å². The summed E-state index contributed by atoms with van der Waals surface area (Å²) >= 11 is 0. The first-order valence-electron chi connectivity index (χ1n) is 2.48. The zero-order valence-corrected chi connectivity index (χ0v) is 7.88. The Morgan fingerprint density at radius 1 is 0.778 bits per heavy atom. The molecule has 9 heavy (non-hydrogen) atoms. The molecule has 1 heteroatoms. The Bertz CT molecular complexity index is 109. The van der Waals surface area contributed by atoms with E-state index in [0.717, 1.165) is 0 Å². The van der Waals surface area contributed by atoms with Crippen LogP contribution in [-0.4, -0.2) is 0 Å². The minimum Gasteiger partial charge on any atom is -1.00 e. The predicted molar refractivity (Wildman–Crippen MR) is 39.8 cm³/mol. The van der Waals surface area contributed by atoms with Gasteiger partial charge in [-0.05, 0) is 0 Å². The zero-order valence-electron chi connectivity index (χ0n) is 6.88. The van der Waals surface area contributed by atoms with E-state index in [9.17, 15) is 0 Å². The number of hydrogen-bond acceptors (Lipinski definition) is 0. The largest absolute Gasteiger partial charge is 1.00 e. The van der Waals surface area contributed by atoms with Crippen molar-refractivity contribution in [2.24, 2.45) is 0 Å². The van der Waals surface area contributed by atoms with Gasteiger partial charge in [0.15, 0.2) is 0 Å². The monoisotopic (exact) mass is 130 g/mol. The van der Waals surface area contributed by atoms with Crippen LogP contribution in [0.2, 0.25) is 0 Å². The van der Waals surface area contributed by atoms with Crippen molar-refractivity contribution in [3.05, 3.63) is 49.6 Å². The van der Waals surface area contributed by atoms with Crippen LogP contribution in [-0.2, 0) is 0 Å². The third kappa shape index (κ3) is 11.5. The maximum Gasteiger partial charge on any atom is 1.00 e. The molecule has 0 bridgehead atoms. The second-order valence-electron chi connectivity index (χ2n) is 1.24. The molecule has 0 N–H and O–H groups in total. The van der Waals surface area contributed by atoms with Gasteiger partial charge in [-0.2, -0.15) is 0 Å². The molecule has 0 atom stereocenters. The molecule has 0 unspecified atom stereocenters. The molecule has 0 aliphatic carbocycles. The van der Waals surface area contributed by atoms with Gasteiger partial charge < -0.3 is 1.43 Å². The summed E-state index contributed by atoms with van der Waals surface area (Å²) in [5, 5.41) is 0. The number of hydrogen-bond donors (Lipinski definition) is 0. The predicted octanol–water partition coefficient (Wildman–Crippen LogP) is -0.413. The summed E-state index contributed by atoms with van der Waals surface area (Å²) in [7, 11) is 0. The summed E-state index contributed by atoms with van der Waals surface area (Å²) in [6.45, 7) is 7.02. The van der Waals surface area contributed by atoms with Crippen molar-refractivity contribution in [3.8, 4) is 0 Å². The Hall–Kier alpha value is -0.0400. The second-order valence-corrected chi connectivity index (χ2v) is 1.24. The van der Waals surface area contributed by atoms with Crippen molar-refractivity contribution in [3.63, 3.8) is 0 Å². The maximum atomic E-state index is 3.51. The minimum absolute atomic E-state index is 0. The molecule has 0 aromatic heterocycles. The second kappa shape index (κ2) is 10.9. The summed E-state index contributed by atoms with van der Waals surface area (Å²) in [5.41, 5.74) is 0. The van der Waals surface area contributed by atoms with Gasteiger partial charge in [0.25, 0.3) is 0 Å². The summed E-state index contributed by atoms with van der Waals surface area (Å²) in [6, 6.07) is 0. The van der Waals surface area contributed by atoms with Gasteiger partial charge in [-0.25, -0.2) is 0 Å². The summed E-state index contributed by atoms with van der Waals surface area (Å²) in [4.78, 5) is 0. The van der Waals surface area contributed by atoms with E-state index in [4.69, 9.17) is 0 Å². The Morgan fingerprint density at radius 3 is 1.33 bits per heavy atom. The van der Waals surface area contributed by atoms with Crippen LogP contribution in [0.15, 0.2) is 49.6 Å². The van der Waals surface area contributed by atoms with Gasteiger partial charge in [-0.3, -0.25) is 0 Å². The van der Waals surface area contributed by atoms with E-state index in [1.165, 1.54) is 0 Å². The van der Waals surface area contributed by atoms with Crippen LogP contribution in [0.1, 0.15) is 1.43 Å². The Kier molecular flexibility index (Phi) is 14.1. The molecule has 0 aromatic carbocycles. The Morgan fingerprint density at radius 2 is 1.11 bits per heavy atom. The van der Waals surface area contributed by atoms with Crippen molar-refractivity contribution < 1.29 is 31.0 Å². The minimum atomic E-state index is 0. The average molecular weight is 130 g/mol. The van der Waals surface area contributed by atoms with E-state index in [1.54, 1.807) is 12.2 Å². The molecule has 0 aromatic rings. The van der Waals surface area contributed by atoms with Gasteiger partial charge in [-0.15, -0.1) is 0 Å². The molecule has 0 rings (SSSR count). The van der Waals surface area contributed by atoms with Gasteiger partial charge in [0.2, 0.25) is 0 Å². The molecule has 0 spiro atoms. The van der Waals surface area contributed by atoms with Crippen molar-refractivity contribution in [2.45, 2.75) is 0 Å². The molecular weight excluding hydrogens is 119 g/mol. The summed E-state index contributed by atoms with van der Waals surface area (Å²) in [5.74, 6) is 0. The Balaban J connectivity index is -0.000000245. The van der Waals surface area contributed by atoms with Crippen LogP contribution in [0.5, 0.6) is 0 Å². The molecule has 0 heterocycles. The summed E-state index contributed by atoms with van der Waals surface area (Å²) < 4.78 is 0. The first kappa shape index (κ1) is 11.7. The van der Waals surface area contributed by atoms with Gasteiger partial charge in [0, 0.05) is 0 Å². The third-order valence-electron chi connectivity index (χ3n) is 0.605. The fourth-order valence-corrected chi connectivity index (χ4v) is 0.285. The van der Waals surface area contributed by atoms with Gasteiger partial charge in [-0.1, -0.05) is 49.6 Å². The van der Waals surface area contributed by atoms with E-state index in [2.05, 4.69) is 13.2 Å². The van der Waals surface area contributed by atoms with Crippen molar-refractivity contribution in [1.29, 1.82) is 0 Å². The van der Waals surface area contributed by atoms with Gasteiger partial charge >= 0.3 is 29.6 Å². The van der Waals surface area contributed by atoms with Crippen LogP contribution in [0.4, 0.5) is 0 Å². The van der Waals surface area contributed by atoms with E-state index < -0.39 is 0 Å². The van der Waals surface area contributed by atoms with Crippen LogP contribution in [0.25, 0.3) is 0 Å². The third-order valence-corrected chi connectivity index (χ3v) is 0.605. The maximum absolute atomic E-state index is 3.51. The van der Waals surface area contributed by atoms with Crippen LogP contribution < -0.4 is 29.6 Å². The van der Waals surface area contributed by atoms with E-state index in [1.807, 2.05) is 24.3 Å². The van der Waals surface area contributed by atoms with Crippen molar-refractivity contribution >= 4 is 0 Å². The fourth-order valence-electron chi connectivity index (χ4n) is 0.285. The van der Waals surface area contributed by atoms with E-state index in [0.29, 0.717) is 0 Å². The van der Waals surface area contributed by atoms with Crippen molar-refractivity contribution in [2.75, 3.05) is 0 Å². The molecule has 0 amide bonds. The fraction of sp³-hybridized carbons (Fsp3) is 0. The summed E-state index contributed by atoms with van der Waals surface area (Å²) in [6.07, 6.45) is 11.0. The van der Waals surface area contributed by atoms with Crippen LogP contribution in [0, 0.1) is 0 Å². The normalized spacial score (nSPS) is 9.33. The van der Waals surface area contributed by atoms with Crippen LogP contribution in [0.3, 0.4) is 0 Å².